The van der Waals surface area contributed by atoms with Gasteiger partial charge in [-0.25, -0.2) is 0 Å². The van der Waals surface area contributed by atoms with Crippen LogP contribution in [0.3, 0.4) is 0 Å². The molecule has 1 aromatic carbocycles. The van der Waals surface area contributed by atoms with Crippen LogP contribution < -0.4 is 15.4 Å². The number of ether oxygens (including phenoxy) is 2. The number of benzene rings is 1. The minimum atomic E-state index is -4.34. The Morgan fingerprint density at radius 1 is 1.17 bits per heavy atom. The molecular weight excluding hydrogens is 512 g/mol. The fourth-order valence-corrected chi connectivity index (χ4v) is 3.25. The number of halogens is 4. The third kappa shape index (κ3) is 10.7. The van der Waals surface area contributed by atoms with Crippen molar-refractivity contribution < 1.29 is 22.6 Å². The average molecular weight is 544 g/mol. The molecule has 0 bridgehead atoms. The summed E-state index contributed by atoms with van der Waals surface area (Å²) in [5, 5.41) is 6.48. The van der Waals surface area contributed by atoms with Crippen LogP contribution in [0.1, 0.15) is 25.8 Å². The molecule has 2 unspecified atom stereocenters. The molecule has 1 aliphatic heterocycles. The lowest BCUT2D eigenvalue weighted by Gasteiger charge is -2.35. The molecule has 10 heteroatoms. The van der Waals surface area contributed by atoms with Crippen molar-refractivity contribution in [2.24, 2.45) is 4.99 Å². The molecule has 172 valence electrons. The molecule has 0 saturated carbocycles. The Bertz CT molecular complexity index is 634. The number of morpholine rings is 1. The monoisotopic (exact) mass is 544 g/mol. The smallest absolute Gasteiger partial charge is 0.422 e. The second-order valence-electron chi connectivity index (χ2n) is 7.27. The van der Waals surface area contributed by atoms with Crippen LogP contribution in [0.2, 0.25) is 0 Å². The van der Waals surface area contributed by atoms with Gasteiger partial charge in [0.2, 0.25) is 0 Å². The molecule has 0 aliphatic carbocycles. The summed E-state index contributed by atoms with van der Waals surface area (Å²) in [4.78, 5) is 6.61. The first-order valence-corrected chi connectivity index (χ1v) is 9.86. The molecule has 2 rings (SSSR count). The van der Waals surface area contributed by atoms with Crippen LogP contribution in [0.25, 0.3) is 0 Å². The van der Waals surface area contributed by atoms with Crippen LogP contribution in [-0.2, 0) is 11.3 Å². The summed E-state index contributed by atoms with van der Waals surface area (Å²) in [5.74, 6) is 0.881. The quantitative estimate of drug-likeness (QED) is 0.228. The molecule has 1 aromatic rings. The highest BCUT2D eigenvalue weighted by Crippen LogP contribution is 2.18. The average Bonchev–Trinajstić information content (AvgIpc) is 2.65. The van der Waals surface area contributed by atoms with E-state index in [0.717, 1.165) is 38.2 Å². The van der Waals surface area contributed by atoms with Crippen molar-refractivity contribution >= 4 is 29.9 Å². The van der Waals surface area contributed by atoms with Crippen LogP contribution >= 0.6 is 24.0 Å². The molecule has 0 aromatic heterocycles. The molecule has 0 radical (unpaired) electrons. The first kappa shape index (κ1) is 26.8. The molecule has 2 atom stereocenters. The number of rotatable bonds is 8. The van der Waals surface area contributed by atoms with Crippen molar-refractivity contribution in [2.75, 3.05) is 39.8 Å². The van der Waals surface area contributed by atoms with Gasteiger partial charge in [-0.05, 0) is 38.0 Å². The van der Waals surface area contributed by atoms with E-state index in [4.69, 9.17) is 9.47 Å². The molecule has 1 saturated heterocycles. The maximum Gasteiger partial charge on any atom is 0.422 e. The zero-order valence-corrected chi connectivity index (χ0v) is 20.0. The number of guanidine groups is 1. The van der Waals surface area contributed by atoms with Gasteiger partial charge in [0.25, 0.3) is 0 Å². The van der Waals surface area contributed by atoms with Gasteiger partial charge < -0.3 is 20.1 Å². The predicted molar refractivity (Wildman–Crippen MR) is 123 cm³/mol. The van der Waals surface area contributed by atoms with Gasteiger partial charge in [0.15, 0.2) is 12.6 Å². The number of nitrogens with one attached hydrogen (secondary N) is 2. The Hall–Kier alpha value is -1.27. The Labute approximate surface area is 193 Å². The molecule has 2 N–H and O–H groups in total. The second-order valence-corrected chi connectivity index (χ2v) is 7.27. The summed E-state index contributed by atoms with van der Waals surface area (Å²) in [5.41, 5.74) is 0.920. The molecule has 0 amide bonds. The Morgan fingerprint density at radius 2 is 1.80 bits per heavy atom. The fourth-order valence-electron chi connectivity index (χ4n) is 3.25. The molecule has 1 aliphatic rings. The molecule has 1 heterocycles. The first-order chi connectivity index (χ1) is 13.7. The summed E-state index contributed by atoms with van der Waals surface area (Å²) < 4.78 is 47.0. The van der Waals surface area contributed by atoms with Crippen LogP contribution in [-0.4, -0.2) is 69.1 Å². The van der Waals surface area contributed by atoms with E-state index < -0.39 is 12.8 Å². The molecule has 0 spiro atoms. The normalized spacial score (nSPS) is 20.4. The molecule has 6 nitrogen and oxygen atoms in total. The maximum absolute atomic E-state index is 12.2. The third-order valence-corrected chi connectivity index (χ3v) is 4.45. The van der Waals surface area contributed by atoms with E-state index in [1.807, 2.05) is 0 Å². The van der Waals surface area contributed by atoms with Crippen molar-refractivity contribution in [3.8, 4) is 5.75 Å². The van der Waals surface area contributed by atoms with Gasteiger partial charge >= 0.3 is 6.18 Å². The number of aliphatic imine (C=N–C) groups is 1. The van der Waals surface area contributed by atoms with Crippen LogP contribution in [0.15, 0.2) is 29.3 Å². The van der Waals surface area contributed by atoms with Crippen molar-refractivity contribution in [3.63, 3.8) is 0 Å². The zero-order valence-electron chi connectivity index (χ0n) is 17.7. The molecule has 30 heavy (non-hydrogen) atoms. The predicted octanol–water partition coefficient (Wildman–Crippen LogP) is 3.41. The fraction of sp³-hybridized carbons (Fsp3) is 0.650. The Kier molecular flexibility index (Phi) is 11.8. The summed E-state index contributed by atoms with van der Waals surface area (Å²) in [6.45, 7) is 7.13. The lowest BCUT2D eigenvalue weighted by molar-refractivity contribution is -0.153. The van der Waals surface area contributed by atoms with Crippen molar-refractivity contribution in [1.29, 1.82) is 0 Å². The Morgan fingerprint density at radius 3 is 2.37 bits per heavy atom. The largest absolute Gasteiger partial charge is 0.484 e. The minimum Gasteiger partial charge on any atom is -0.484 e. The number of nitrogens with zero attached hydrogens (tertiary/aromatic N) is 2. The highest BCUT2D eigenvalue weighted by Gasteiger charge is 2.28. The maximum atomic E-state index is 12.2. The van der Waals surface area contributed by atoms with E-state index in [-0.39, 0.29) is 41.9 Å². The van der Waals surface area contributed by atoms with Gasteiger partial charge in [0.1, 0.15) is 5.75 Å². The van der Waals surface area contributed by atoms with Gasteiger partial charge in [-0.3, -0.25) is 9.89 Å². The number of alkyl halides is 3. The van der Waals surface area contributed by atoms with E-state index in [2.05, 4.69) is 34.4 Å². The first-order valence-electron chi connectivity index (χ1n) is 9.86. The van der Waals surface area contributed by atoms with Gasteiger partial charge in [-0.1, -0.05) is 12.1 Å². The van der Waals surface area contributed by atoms with E-state index in [9.17, 15) is 13.2 Å². The summed E-state index contributed by atoms with van der Waals surface area (Å²) in [6, 6.07) is 6.52. The van der Waals surface area contributed by atoms with Crippen LogP contribution in [0, 0.1) is 0 Å². The highest BCUT2D eigenvalue weighted by molar-refractivity contribution is 14.0. The van der Waals surface area contributed by atoms with E-state index in [1.54, 1.807) is 19.2 Å². The third-order valence-electron chi connectivity index (χ3n) is 4.45. The van der Waals surface area contributed by atoms with Gasteiger partial charge in [0.05, 0.1) is 12.2 Å². The Balaban J connectivity index is 0.00000450. The standard InChI is InChI=1S/C20H31F3N4O2.HI/c1-15-12-27(13-16(2)29-15)10-4-9-25-19(24-3)26-11-17-5-7-18(8-6-17)28-14-20(21,22)23;/h5-8,15-16H,4,9-14H2,1-3H3,(H2,24,25,26);1H. The molecule has 1 fully saturated rings. The zero-order chi connectivity index (χ0) is 21.3. The summed E-state index contributed by atoms with van der Waals surface area (Å²) >= 11 is 0. The van der Waals surface area contributed by atoms with E-state index >= 15 is 0 Å². The van der Waals surface area contributed by atoms with Crippen molar-refractivity contribution in [3.05, 3.63) is 29.8 Å². The number of hydrogen-bond donors (Lipinski definition) is 2. The lowest BCUT2D eigenvalue weighted by atomic mass is 10.2. The second kappa shape index (κ2) is 13.2. The van der Waals surface area contributed by atoms with E-state index in [1.165, 1.54) is 12.1 Å². The molecular formula is C20H32F3IN4O2. The van der Waals surface area contributed by atoms with Gasteiger partial charge in [-0.15, -0.1) is 24.0 Å². The van der Waals surface area contributed by atoms with Gasteiger partial charge in [0, 0.05) is 39.8 Å². The summed E-state index contributed by atoms with van der Waals surface area (Å²) in [6.07, 6.45) is -2.81. The number of hydrogen-bond acceptors (Lipinski definition) is 4. The van der Waals surface area contributed by atoms with Crippen LogP contribution in [0.4, 0.5) is 13.2 Å². The van der Waals surface area contributed by atoms with Crippen molar-refractivity contribution in [2.45, 2.75) is 45.2 Å². The highest BCUT2D eigenvalue weighted by atomic mass is 127. The lowest BCUT2D eigenvalue weighted by Crippen LogP contribution is -2.46. The van der Waals surface area contributed by atoms with E-state index in [0.29, 0.717) is 12.5 Å². The minimum absolute atomic E-state index is 0. The van der Waals surface area contributed by atoms with Crippen LogP contribution in [0.5, 0.6) is 5.75 Å². The van der Waals surface area contributed by atoms with Gasteiger partial charge in [-0.2, -0.15) is 13.2 Å². The van der Waals surface area contributed by atoms with Crippen molar-refractivity contribution in [1.82, 2.24) is 15.5 Å². The topological polar surface area (TPSA) is 58.1 Å². The summed E-state index contributed by atoms with van der Waals surface area (Å²) in [7, 11) is 1.70. The SMILES string of the molecule is CN=C(NCCCN1CC(C)OC(C)C1)NCc1ccc(OCC(F)(F)F)cc1.I.